The Morgan fingerprint density at radius 3 is 1.07 bits per heavy atom. The van der Waals surface area contributed by atoms with Gasteiger partial charge in [-0.1, -0.05) is 164 Å². The summed E-state index contributed by atoms with van der Waals surface area (Å²) in [6.07, 6.45) is 29.2. The van der Waals surface area contributed by atoms with E-state index in [4.69, 9.17) is 0 Å². The normalized spacial score (nSPS) is 15.8. The number of rotatable bonds is 23. The van der Waals surface area contributed by atoms with Crippen LogP contribution < -0.4 is 0 Å². The van der Waals surface area contributed by atoms with Crippen molar-refractivity contribution in [2.45, 2.75) is 170 Å². The second-order valence-corrected chi connectivity index (χ2v) is 11.0. The summed E-state index contributed by atoms with van der Waals surface area (Å²) in [5.41, 5.74) is 0. The van der Waals surface area contributed by atoms with Crippen LogP contribution >= 0.6 is 0 Å². The second-order valence-electron chi connectivity index (χ2n) is 11.0. The summed E-state index contributed by atoms with van der Waals surface area (Å²) in [5.74, 6) is 3.59. The fourth-order valence-electron chi connectivity index (χ4n) is 4.93. The van der Waals surface area contributed by atoms with Crippen LogP contribution in [0, 0.1) is 23.7 Å². The van der Waals surface area contributed by atoms with Gasteiger partial charge in [0.05, 0.1) is 0 Å². The van der Waals surface area contributed by atoms with Gasteiger partial charge in [0.1, 0.15) is 0 Å². The molecule has 0 aromatic carbocycles. The van der Waals surface area contributed by atoms with Crippen LogP contribution in [-0.2, 0) is 0 Å². The molecule has 0 heteroatoms. The molecular weight excluding hydrogens is 360 g/mol. The molecule has 0 N–H and O–H groups in total. The summed E-state index contributed by atoms with van der Waals surface area (Å²) < 4.78 is 0. The predicted molar refractivity (Wildman–Crippen MR) is 140 cm³/mol. The molecule has 0 spiro atoms. The minimum Gasteiger partial charge on any atom is -0.0654 e. The van der Waals surface area contributed by atoms with E-state index in [1.54, 1.807) is 0 Å². The number of hydrogen-bond acceptors (Lipinski definition) is 0. The van der Waals surface area contributed by atoms with E-state index in [9.17, 15) is 0 Å². The Morgan fingerprint density at radius 1 is 0.367 bits per heavy atom. The summed E-state index contributed by atoms with van der Waals surface area (Å²) in [5, 5.41) is 0. The lowest BCUT2D eigenvalue weighted by Crippen LogP contribution is -2.16. The molecule has 0 aliphatic rings. The maximum absolute atomic E-state index is 2.50. The zero-order chi connectivity index (χ0) is 22.5. The van der Waals surface area contributed by atoms with E-state index < -0.39 is 0 Å². The molecule has 4 unspecified atom stereocenters. The molecule has 182 valence electrons. The van der Waals surface area contributed by atoms with Gasteiger partial charge in [0.15, 0.2) is 0 Å². The average Bonchev–Trinajstić information content (AvgIpc) is 2.74. The average molecular weight is 423 g/mol. The first-order valence-electron chi connectivity index (χ1n) is 14.5. The van der Waals surface area contributed by atoms with Crippen LogP contribution in [0.25, 0.3) is 0 Å². The Morgan fingerprint density at radius 2 is 0.700 bits per heavy atom. The Labute approximate surface area is 193 Å². The molecule has 0 bridgehead atoms. The van der Waals surface area contributed by atoms with Crippen molar-refractivity contribution >= 4 is 0 Å². The lowest BCUT2D eigenvalue weighted by Gasteiger charge is -2.26. The van der Waals surface area contributed by atoms with Gasteiger partial charge in [-0.05, 0) is 30.1 Å². The van der Waals surface area contributed by atoms with Crippen LogP contribution in [0.1, 0.15) is 170 Å². The standard InChI is InChI=1S/C30H62/c1-7-9-10-11-12-13-14-15-16-17-18-19-20-21-22-23-24-25-28(4)30(6)26-29(5)27(3)8-2/h27-30H,7-26H2,1-6H3. The molecule has 0 saturated heterocycles. The van der Waals surface area contributed by atoms with Gasteiger partial charge in [-0.2, -0.15) is 0 Å². The third-order valence-corrected chi connectivity index (χ3v) is 8.09. The summed E-state index contributed by atoms with van der Waals surface area (Å²) in [6, 6.07) is 0. The highest BCUT2D eigenvalue weighted by Crippen LogP contribution is 2.29. The minimum absolute atomic E-state index is 0.889. The maximum atomic E-state index is 2.50. The van der Waals surface area contributed by atoms with E-state index in [1.807, 2.05) is 0 Å². The van der Waals surface area contributed by atoms with E-state index in [1.165, 1.54) is 128 Å². The van der Waals surface area contributed by atoms with Crippen LogP contribution in [0.2, 0.25) is 0 Å². The van der Waals surface area contributed by atoms with Gasteiger partial charge in [0.2, 0.25) is 0 Å². The molecule has 0 radical (unpaired) electrons. The van der Waals surface area contributed by atoms with Gasteiger partial charge in [-0.3, -0.25) is 0 Å². The molecule has 0 aliphatic heterocycles. The largest absolute Gasteiger partial charge is 0.0654 e. The van der Waals surface area contributed by atoms with Gasteiger partial charge < -0.3 is 0 Å². The van der Waals surface area contributed by atoms with Gasteiger partial charge in [-0.25, -0.2) is 0 Å². The third kappa shape index (κ3) is 18.7. The highest BCUT2D eigenvalue weighted by atomic mass is 14.2. The predicted octanol–water partition coefficient (Wildman–Crippen LogP) is 11.4. The first kappa shape index (κ1) is 30.0. The minimum atomic E-state index is 0.889. The van der Waals surface area contributed by atoms with Crippen molar-refractivity contribution in [2.24, 2.45) is 23.7 Å². The van der Waals surface area contributed by atoms with E-state index >= 15 is 0 Å². The summed E-state index contributed by atoms with van der Waals surface area (Å²) >= 11 is 0. The van der Waals surface area contributed by atoms with Crippen molar-refractivity contribution in [3.63, 3.8) is 0 Å². The first-order chi connectivity index (χ1) is 14.5. The van der Waals surface area contributed by atoms with E-state index in [0.717, 1.165) is 23.7 Å². The maximum Gasteiger partial charge on any atom is -0.0414 e. The molecule has 0 aromatic heterocycles. The number of hydrogen-bond donors (Lipinski definition) is 0. The quantitative estimate of drug-likeness (QED) is 0.144. The fraction of sp³-hybridized carbons (Fsp3) is 1.00. The van der Waals surface area contributed by atoms with Crippen LogP contribution in [0.15, 0.2) is 0 Å². The molecule has 30 heavy (non-hydrogen) atoms. The first-order valence-corrected chi connectivity index (χ1v) is 14.5. The van der Waals surface area contributed by atoms with E-state index in [2.05, 4.69) is 41.5 Å². The third-order valence-electron chi connectivity index (χ3n) is 8.09. The van der Waals surface area contributed by atoms with Gasteiger partial charge in [-0.15, -0.1) is 0 Å². The topological polar surface area (TPSA) is 0 Å². The Kier molecular flexibility index (Phi) is 22.2. The van der Waals surface area contributed by atoms with Crippen molar-refractivity contribution < 1.29 is 0 Å². The van der Waals surface area contributed by atoms with Crippen LogP contribution in [0.3, 0.4) is 0 Å². The second kappa shape index (κ2) is 22.2. The molecule has 0 saturated carbocycles. The zero-order valence-electron chi connectivity index (χ0n) is 22.5. The van der Waals surface area contributed by atoms with Gasteiger partial charge in [0, 0.05) is 0 Å². The summed E-state index contributed by atoms with van der Waals surface area (Å²) in [4.78, 5) is 0. The van der Waals surface area contributed by atoms with Crippen molar-refractivity contribution in [1.82, 2.24) is 0 Å². The molecular formula is C30H62. The van der Waals surface area contributed by atoms with Crippen LogP contribution in [-0.4, -0.2) is 0 Å². The van der Waals surface area contributed by atoms with Crippen LogP contribution in [0.5, 0.6) is 0 Å². The molecule has 0 amide bonds. The smallest absolute Gasteiger partial charge is 0.0414 e. The monoisotopic (exact) mass is 422 g/mol. The molecule has 0 nitrogen and oxygen atoms in total. The number of unbranched alkanes of at least 4 members (excludes halogenated alkanes) is 16. The lowest BCUT2D eigenvalue weighted by atomic mass is 9.80. The fourth-order valence-corrected chi connectivity index (χ4v) is 4.93. The van der Waals surface area contributed by atoms with Gasteiger partial charge >= 0.3 is 0 Å². The van der Waals surface area contributed by atoms with E-state index in [0.29, 0.717) is 0 Å². The van der Waals surface area contributed by atoms with Crippen LogP contribution in [0.4, 0.5) is 0 Å². The van der Waals surface area contributed by atoms with Crippen molar-refractivity contribution in [1.29, 1.82) is 0 Å². The SMILES string of the molecule is CCCCCCCCCCCCCCCCCCCC(C)C(C)CC(C)C(C)CC. The molecule has 4 atom stereocenters. The Bertz CT molecular complexity index is 320. The Balaban J connectivity index is 3.32. The molecule has 0 aromatic rings. The van der Waals surface area contributed by atoms with E-state index in [-0.39, 0.29) is 0 Å². The highest BCUT2D eigenvalue weighted by molar-refractivity contribution is 4.69. The summed E-state index contributed by atoms with van der Waals surface area (Å²) in [6.45, 7) is 14.5. The summed E-state index contributed by atoms with van der Waals surface area (Å²) in [7, 11) is 0. The lowest BCUT2D eigenvalue weighted by molar-refractivity contribution is 0.247. The molecule has 0 heterocycles. The Hall–Kier alpha value is 0. The van der Waals surface area contributed by atoms with Crippen molar-refractivity contribution in [2.75, 3.05) is 0 Å². The zero-order valence-corrected chi connectivity index (χ0v) is 22.5. The van der Waals surface area contributed by atoms with Gasteiger partial charge in [0.25, 0.3) is 0 Å². The molecule has 0 rings (SSSR count). The molecule has 0 fully saturated rings. The van der Waals surface area contributed by atoms with Crippen molar-refractivity contribution in [3.05, 3.63) is 0 Å². The highest BCUT2D eigenvalue weighted by Gasteiger charge is 2.18. The molecule has 0 aliphatic carbocycles. The van der Waals surface area contributed by atoms with Crippen molar-refractivity contribution in [3.8, 4) is 0 Å².